The number of primary amides is 1. The molecular weight excluding hydrogens is 628 g/mol. The van der Waals surface area contributed by atoms with Gasteiger partial charge in [0.05, 0.1) is 29.4 Å². The molecule has 0 spiro atoms. The third-order valence-corrected chi connectivity index (χ3v) is 9.49. The molecule has 1 aromatic rings. The van der Waals surface area contributed by atoms with Gasteiger partial charge in [0, 0.05) is 24.7 Å². The SMILES string of the molecule is CCCC(NC(=O)C1CC(Oc2ccc(Cl)cn2)CN1C(=O)C(NC(=O)[CH]C1CCCCC1)C(C)(C)C(N)=O)C(O)C(=O)NC1CC1. The highest BCUT2D eigenvalue weighted by molar-refractivity contribution is 6.30. The lowest BCUT2D eigenvalue weighted by molar-refractivity contribution is -0.147. The van der Waals surface area contributed by atoms with E-state index in [9.17, 15) is 29.1 Å². The lowest BCUT2D eigenvalue weighted by Gasteiger charge is -2.36. The third kappa shape index (κ3) is 9.79. The molecule has 5 amide bonds. The Morgan fingerprint density at radius 1 is 1.13 bits per heavy atom. The number of pyridine rings is 1. The van der Waals surface area contributed by atoms with Gasteiger partial charge in [0.15, 0.2) is 6.10 Å². The van der Waals surface area contributed by atoms with Crippen molar-refractivity contribution < 1.29 is 33.8 Å². The van der Waals surface area contributed by atoms with Gasteiger partial charge >= 0.3 is 0 Å². The Hall–Kier alpha value is -3.45. The highest BCUT2D eigenvalue weighted by atomic mass is 35.5. The number of likely N-dealkylation sites (tertiary alicyclic amines) is 1. The van der Waals surface area contributed by atoms with Gasteiger partial charge in [0.25, 0.3) is 5.91 Å². The van der Waals surface area contributed by atoms with E-state index in [1.165, 1.54) is 24.9 Å². The number of carbonyl (C=O) groups excluding carboxylic acids is 5. The predicted octanol–water partition coefficient (Wildman–Crippen LogP) is 1.79. The summed E-state index contributed by atoms with van der Waals surface area (Å²) in [6.45, 7) is 4.74. The summed E-state index contributed by atoms with van der Waals surface area (Å²) in [7, 11) is 0. The van der Waals surface area contributed by atoms with Crippen LogP contribution in [0.3, 0.4) is 0 Å². The lowest BCUT2D eigenvalue weighted by Crippen LogP contribution is -2.62. The van der Waals surface area contributed by atoms with Crippen molar-refractivity contribution >= 4 is 41.1 Å². The van der Waals surface area contributed by atoms with Gasteiger partial charge in [-0.25, -0.2) is 4.98 Å². The second kappa shape index (κ2) is 16.1. The van der Waals surface area contributed by atoms with Crippen LogP contribution in [0.2, 0.25) is 5.02 Å². The van der Waals surface area contributed by atoms with Gasteiger partial charge in [0.1, 0.15) is 18.2 Å². The van der Waals surface area contributed by atoms with Gasteiger partial charge in [-0.2, -0.15) is 0 Å². The first kappa shape index (κ1) is 36.4. The van der Waals surface area contributed by atoms with Crippen molar-refractivity contribution in [2.75, 3.05) is 6.54 Å². The third-order valence-electron chi connectivity index (χ3n) is 9.26. The first-order valence-electron chi connectivity index (χ1n) is 16.6. The normalized spacial score (nSPS) is 22.1. The fourth-order valence-electron chi connectivity index (χ4n) is 6.14. The topological polar surface area (TPSA) is 193 Å². The Bertz CT molecular complexity index is 1280. The Balaban J connectivity index is 1.58. The molecule has 5 atom stereocenters. The molecule has 6 N–H and O–H groups in total. The van der Waals surface area contributed by atoms with Gasteiger partial charge in [0.2, 0.25) is 29.5 Å². The van der Waals surface area contributed by atoms with E-state index in [-0.39, 0.29) is 30.8 Å². The zero-order chi connectivity index (χ0) is 34.3. The van der Waals surface area contributed by atoms with E-state index in [1.54, 1.807) is 18.6 Å². The van der Waals surface area contributed by atoms with E-state index in [4.69, 9.17) is 22.1 Å². The number of aliphatic hydroxyl groups excluding tert-OH is 1. The van der Waals surface area contributed by atoms with E-state index in [1.807, 2.05) is 6.92 Å². The van der Waals surface area contributed by atoms with E-state index >= 15 is 0 Å². The Kier molecular flexibility index (Phi) is 12.5. The maximum Gasteiger partial charge on any atom is 0.251 e. The zero-order valence-corrected chi connectivity index (χ0v) is 28.1. The summed E-state index contributed by atoms with van der Waals surface area (Å²) in [5.74, 6) is -2.87. The number of aliphatic hydroxyl groups is 1. The molecular formula is C33H48ClN6O7. The number of halogens is 1. The van der Waals surface area contributed by atoms with Crippen molar-refractivity contribution in [3.05, 3.63) is 29.8 Å². The molecule has 0 bridgehead atoms. The highest BCUT2D eigenvalue weighted by Gasteiger charge is 2.49. The van der Waals surface area contributed by atoms with Crippen molar-refractivity contribution in [3.63, 3.8) is 0 Å². The number of rotatable bonds is 15. The van der Waals surface area contributed by atoms with E-state index in [2.05, 4.69) is 20.9 Å². The standard InChI is InChI=1S/C33H48ClN6O7/c1-4-8-23(27(42)30(44)37-21-12-13-21)38-29(43)24-16-22(47-26-14-11-20(34)17-36-26)18-40(24)31(45)28(33(2,3)32(35)46)39-25(41)15-19-9-6-5-7-10-19/h11,14-15,17,19,21-24,27-28,42H,4-10,12-13,16,18H2,1-3H3,(H2,35,46)(H,37,44)(H,38,43)(H,39,41). The minimum atomic E-state index is -1.52. The van der Waals surface area contributed by atoms with Crippen LogP contribution in [0.5, 0.6) is 5.88 Å². The Labute approximate surface area is 281 Å². The Morgan fingerprint density at radius 2 is 1.83 bits per heavy atom. The maximum atomic E-state index is 14.4. The maximum absolute atomic E-state index is 14.4. The average molecular weight is 676 g/mol. The number of amides is 5. The molecule has 1 radical (unpaired) electrons. The van der Waals surface area contributed by atoms with Crippen LogP contribution >= 0.6 is 11.6 Å². The summed E-state index contributed by atoms with van der Waals surface area (Å²) in [6, 6.07) is -0.245. The number of nitrogens with zero attached hydrogens (tertiary/aromatic N) is 2. The van der Waals surface area contributed by atoms with Crippen molar-refractivity contribution in [2.45, 2.75) is 121 Å². The van der Waals surface area contributed by atoms with Gasteiger partial charge in [-0.05, 0) is 57.9 Å². The van der Waals surface area contributed by atoms with Gasteiger partial charge in [-0.1, -0.05) is 44.2 Å². The highest BCUT2D eigenvalue weighted by Crippen LogP contribution is 2.30. The molecule has 2 saturated carbocycles. The number of aromatic nitrogens is 1. The van der Waals surface area contributed by atoms with Crippen molar-refractivity contribution in [1.82, 2.24) is 25.8 Å². The van der Waals surface area contributed by atoms with E-state index in [0.29, 0.717) is 17.9 Å². The Morgan fingerprint density at radius 3 is 2.43 bits per heavy atom. The molecule has 3 aliphatic rings. The summed E-state index contributed by atoms with van der Waals surface area (Å²) in [5, 5.41) is 19.5. The van der Waals surface area contributed by atoms with Crippen molar-refractivity contribution in [3.8, 4) is 5.88 Å². The molecule has 3 fully saturated rings. The number of hydrogen-bond donors (Lipinski definition) is 5. The van der Waals surface area contributed by atoms with E-state index in [0.717, 1.165) is 44.9 Å². The second-order valence-corrected chi connectivity index (χ2v) is 14.0. The number of hydrogen-bond acceptors (Lipinski definition) is 8. The van der Waals surface area contributed by atoms with Crippen LogP contribution in [0.1, 0.15) is 85.0 Å². The number of nitrogens with one attached hydrogen (secondary N) is 3. The molecule has 5 unspecified atom stereocenters. The largest absolute Gasteiger partial charge is 0.472 e. The fraction of sp³-hybridized carbons (Fsp3) is 0.667. The molecule has 1 saturated heterocycles. The number of ether oxygens (including phenoxy) is 1. The summed E-state index contributed by atoms with van der Waals surface area (Å²) in [5.41, 5.74) is 4.22. The summed E-state index contributed by atoms with van der Waals surface area (Å²) < 4.78 is 6.03. The summed E-state index contributed by atoms with van der Waals surface area (Å²) in [6.07, 6.45) is 8.22. The van der Waals surface area contributed by atoms with Crippen molar-refractivity contribution in [1.29, 1.82) is 0 Å². The molecule has 14 heteroatoms. The van der Waals surface area contributed by atoms with Crippen molar-refractivity contribution in [2.24, 2.45) is 17.1 Å². The lowest BCUT2D eigenvalue weighted by atomic mass is 9.81. The molecule has 2 heterocycles. The van der Waals surface area contributed by atoms with Crippen LogP contribution in [0.25, 0.3) is 0 Å². The predicted molar refractivity (Wildman–Crippen MR) is 174 cm³/mol. The first-order chi connectivity index (χ1) is 22.3. The van der Waals surface area contributed by atoms with Gasteiger partial charge < -0.3 is 36.4 Å². The van der Waals surface area contributed by atoms with Crippen LogP contribution in [-0.4, -0.2) is 87.4 Å². The quantitative estimate of drug-likeness (QED) is 0.186. The molecule has 1 aromatic heterocycles. The molecule has 2 aliphatic carbocycles. The van der Waals surface area contributed by atoms with Crippen LogP contribution in [0, 0.1) is 17.8 Å². The van der Waals surface area contributed by atoms with Crippen LogP contribution in [0.15, 0.2) is 18.3 Å². The van der Waals surface area contributed by atoms with E-state index < -0.39 is 65.3 Å². The monoisotopic (exact) mass is 675 g/mol. The smallest absolute Gasteiger partial charge is 0.251 e. The van der Waals surface area contributed by atoms with Gasteiger partial charge in [-0.15, -0.1) is 0 Å². The number of carbonyl (C=O) groups is 5. The van der Waals surface area contributed by atoms with Crippen LogP contribution < -0.4 is 26.4 Å². The number of nitrogens with two attached hydrogens (primary N) is 1. The molecule has 13 nitrogen and oxygen atoms in total. The molecule has 47 heavy (non-hydrogen) atoms. The van der Waals surface area contributed by atoms with Gasteiger partial charge in [-0.3, -0.25) is 24.0 Å². The molecule has 4 rings (SSSR count). The second-order valence-electron chi connectivity index (χ2n) is 13.5. The first-order valence-corrected chi connectivity index (χ1v) is 17.0. The molecule has 0 aromatic carbocycles. The minimum absolute atomic E-state index is 0.0218. The molecule has 1 aliphatic heterocycles. The fourth-order valence-corrected chi connectivity index (χ4v) is 6.25. The molecule has 259 valence electrons. The van der Waals surface area contributed by atoms with Crippen LogP contribution in [-0.2, 0) is 24.0 Å². The average Bonchev–Trinajstić information content (AvgIpc) is 3.75. The summed E-state index contributed by atoms with van der Waals surface area (Å²) >= 11 is 5.97. The minimum Gasteiger partial charge on any atom is -0.472 e. The summed E-state index contributed by atoms with van der Waals surface area (Å²) in [4.78, 5) is 72.3. The zero-order valence-electron chi connectivity index (χ0n) is 27.4. The van der Waals surface area contributed by atoms with Crippen LogP contribution in [0.4, 0.5) is 0 Å².